The summed E-state index contributed by atoms with van der Waals surface area (Å²) in [5, 5.41) is 3.07. The van der Waals surface area contributed by atoms with Gasteiger partial charge in [-0.2, -0.15) is 0 Å². The van der Waals surface area contributed by atoms with Gasteiger partial charge >= 0.3 is 0 Å². The van der Waals surface area contributed by atoms with Gasteiger partial charge in [0.25, 0.3) is 0 Å². The Labute approximate surface area is 127 Å². The Balaban J connectivity index is 1.86. The molecule has 1 amide bonds. The molecule has 0 heterocycles. The predicted octanol–water partition coefficient (Wildman–Crippen LogP) is 2.36. The average Bonchev–Trinajstić information content (AvgIpc) is 2.52. The Kier molecular flexibility index (Phi) is 6.21. The van der Waals surface area contributed by atoms with Gasteiger partial charge in [0.05, 0.1) is 6.61 Å². The lowest BCUT2D eigenvalue weighted by molar-refractivity contribution is -0.126. The highest BCUT2D eigenvalue weighted by Gasteiger charge is 2.24. The van der Waals surface area contributed by atoms with Gasteiger partial charge in [-0.15, -0.1) is 0 Å². The van der Waals surface area contributed by atoms with Crippen molar-refractivity contribution >= 4 is 5.91 Å². The standard InChI is InChI=1S/C17H26N2O2/c1-2-21-12-15-6-4-3-5-14(15)11-19-17(20)13-7-9-16(18)10-8-13/h3-6,13,16H,2,7-12,18H2,1H3,(H,19,20). The maximum absolute atomic E-state index is 12.2. The highest BCUT2D eigenvalue weighted by molar-refractivity contribution is 5.78. The van der Waals surface area contributed by atoms with Crippen molar-refractivity contribution in [1.29, 1.82) is 0 Å². The molecule has 1 aliphatic carbocycles. The fourth-order valence-corrected chi connectivity index (χ4v) is 2.79. The molecule has 1 aromatic rings. The van der Waals surface area contributed by atoms with Gasteiger partial charge in [-0.25, -0.2) is 0 Å². The number of nitrogens with two attached hydrogens (primary N) is 1. The van der Waals surface area contributed by atoms with E-state index in [1.54, 1.807) is 0 Å². The van der Waals surface area contributed by atoms with E-state index in [1.807, 2.05) is 25.1 Å². The molecule has 4 nitrogen and oxygen atoms in total. The van der Waals surface area contributed by atoms with Crippen LogP contribution >= 0.6 is 0 Å². The number of ether oxygens (including phenoxy) is 1. The molecule has 0 aromatic heterocycles. The van der Waals surface area contributed by atoms with Crippen molar-refractivity contribution in [2.45, 2.75) is 51.8 Å². The van der Waals surface area contributed by atoms with Crippen LogP contribution in [0.25, 0.3) is 0 Å². The summed E-state index contributed by atoms with van der Waals surface area (Å²) < 4.78 is 5.47. The molecule has 0 spiro atoms. The van der Waals surface area contributed by atoms with Crippen LogP contribution in [0, 0.1) is 5.92 Å². The second-order valence-electron chi connectivity index (χ2n) is 5.74. The summed E-state index contributed by atoms with van der Waals surface area (Å²) >= 11 is 0. The summed E-state index contributed by atoms with van der Waals surface area (Å²) in [6.45, 7) is 3.85. The SMILES string of the molecule is CCOCc1ccccc1CNC(=O)C1CCC(N)CC1. The Bertz CT molecular complexity index is 454. The lowest BCUT2D eigenvalue weighted by atomic mass is 9.86. The minimum absolute atomic E-state index is 0.129. The summed E-state index contributed by atoms with van der Waals surface area (Å²) in [6.07, 6.45) is 3.74. The molecular weight excluding hydrogens is 264 g/mol. The van der Waals surface area contributed by atoms with Gasteiger partial charge in [0.15, 0.2) is 0 Å². The van der Waals surface area contributed by atoms with E-state index in [0.717, 1.165) is 36.8 Å². The molecule has 0 atom stereocenters. The number of carbonyl (C=O) groups is 1. The van der Waals surface area contributed by atoms with Crippen molar-refractivity contribution in [2.75, 3.05) is 6.61 Å². The summed E-state index contributed by atoms with van der Waals surface area (Å²) in [4.78, 5) is 12.2. The number of nitrogens with one attached hydrogen (secondary N) is 1. The number of hydrogen-bond acceptors (Lipinski definition) is 3. The fraction of sp³-hybridized carbons (Fsp3) is 0.588. The number of hydrogen-bond donors (Lipinski definition) is 2. The molecule has 1 aromatic carbocycles. The van der Waals surface area contributed by atoms with Crippen molar-refractivity contribution in [2.24, 2.45) is 11.7 Å². The number of amides is 1. The van der Waals surface area contributed by atoms with Crippen molar-refractivity contribution in [3.8, 4) is 0 Å². The second-order valence-corrected chi connectivity index (χ2v) is 5.74. The van der Waals surface area contributed by atoms with E-state index in [2.05, 4.69) is 11.4 Å². The first-order chi connectivity index (χ1) is 10.2. The van der Waals surface area contributed by atoms with E-state index >= 15 is 0 Å². The first-order valence-electron chi connectivity index (χ1n) is 7.88. The van der Waals surface area contributed by atoms with Crippen molar-refractivity contribution in [3.63, 3.8) is 0 Å². The van der Waals surface area contributed by atoms with Crippen LogP contribution in [0.3, 0.4) is 0 Å². The molecule has 0 aliphatic heterocycles. The van der Waals surface area contributed by atoms with Crippen molar-refractivity contribution < 1.29 is 9.53 Å². The third-order valence-corrected chi connectivity index (χ3v) is 4.18. The summed E-state index contributed by atoms with van der Waals surface area (Å²) in [5.41, 5.74) is 8.16. The van der Waals surface area contributed by atoms with E-state index in [9.17, 15) is 4.79 Å². The Hall–Kier alpha value is -1.39. The molecule has 0 bridgehead atoms. The third-order valence-electron chi connectivity index (χ3n) is 4.18. The third kappa shape index (κ3) is 4.83. The second kappa shape index (κ2) is 8.15. The normalized spacial score (nSPS) is 22.0. The average molecular weight is 290 g/mol. The lowest BCUT2D eigenvalue weighted by Crippen LogP contribution is -2.36. The molecule has 4 heteroatoms. The van der Waals surface area contributed by atoms with E-state index in [0.29, 0.717) is 19.8 Å². The molecule has 2 rings (SSSR count). The molecule has 1 fully saturated rings. The zero-order chi connectivity index (χ0) is 15.1. The van der Waals surface area contributed by atoms with Crippen molar-refractivity contribution in [3.05, 3.63) is 35.4 Å². The van der Waals surface area contributed by atoms with Crippen LogP contribution in [0.15, 0.2) is 24.3 Å². The van der Waals surface area contributed by atoms with E-state index in [1.165, 1.54) is 0 Å². The minimum atomic E-state index is 0.129. The summed E-state index contributed by atoms with van der Waals surface area (Å²) in [7, 11) is 0. The lowest BCUT2D eigenvalue weighted by Gasteiger charge is -2.25. The van der Waals surface area contributed by atoms with Gasteiger partial charge in [-0.05, 0) is 43.7 Å². The van der Waals surface area contributed by atoms with Crippen LogP contribution in [0.4, 0.5) is 0 Å². The molecule has 1 aliphatic rings. The predicted molar refractivity (Wildman–Crippen MR) is 83.6 cm³/mol. The van der Waals surface area contributed by atoms with E-state index < -0.39 is 0 Å². The van der Waals surface area contributed by atoms with Crippen LogP contribution < -0.4 is 11.1 Å². The molecule has 116 valence electrons. The molecule has 21 heavy (non-hydrogen) atoms. The molecular formula is C17H26N2O2. The maximum atomic E-state index is 12.2. The van der Waals surface area contributed by atoms with Gasteiger partial charge in [0.1, 0.15) is 0 Å². The number of benzene rings is 1. The molecule has 0 unspecified atom stereocenters. The first kappa shape index (κ1) is 16.0. The quantitative estimate of drug-likeness (QED) is 0.845. The van der Waals surface area contributed by atoms with Crippen LogP contribution in [0.2, 0.25) is 0 Å². The largest absolute Gasteiger partial charge is 0.377 e. The number of carbonyl (C=O) groups excluding carboxylic acids is 1. The topological polar surface area (TPSA) is 64.3 Å². The van der Waals surface area contributed by atoms with Gasteiger partial charge in [0, 0.05) is 25.1 Å². The van der Waals surface area contributed by atoms with Crippen LogP contribution in [0.5, 0.6) is 0 Å². The van der Waals surface area contributed by atoms with E-state index in [-0.39, 0.29) is 17.9 Å². The van der Waals surface area contributed by atoms with Gasteiger partial charge < -0.3 is 15.8 Å². The Morgan fingerprint density at radius 2 is 1.90 bits per heavy atom. The maximum Gasteiger partial charge on any atom is 0.223 e. The monoisotopic (exact) mass is 290 g/mol. The Morgan fingerprint density at radius 1 is 1.24 bits per heavy atom. The molecule has 1 saturated carbocycles. The van der Waals surface area contributed by atoms with Gasteiger partial charge in [-0.3, -0.25) is 4.79 Å². The minimum Gasteiger partial charge on any atom is -0.377 e. The Morgan fingerprint density at radius 3 is 2.57 bits per heavy atom. The first-order valence-corrected chi connectivity index (χ1v) is 7.88. The van der Waals surface area contributed by atoms with Crippen molar-refractivity contribution in [1.82, 2.24) is 5.32 Å². The molecule has 0 radical (unpaired) electrons. The fourth-order valence-electron chi connectivity index (χ4n) is 2.79. The van der Waals surface area contributed by atoms with E-state index in [4.69, 9.17) is 10.5 Å². The van der Waals surface area contributed by atoms with Crippen LogP contribution in [-0.4, -0.2) is 18.6 Å². The zero-order valence-electron chi connectivity index (χ0n) is 12.8. The van der Waals surface area contributed by atoms with Gasteiger partial charge in [-0.1, -0.05) is 24.3 Å². The molecule has 3 N–H and O–H groups in total. The summed E-state index contributed by atoms with van der Waals surface area (Å²) in [5.74, 6) is 0.289. The zero-order valence-corrected chi connectivity index (χ0v) is 12.8. The van der Waals surface area contributed by atoms with Crippen LogP contribution in [0.1, 0.15) is 43.7 Å². The number of rotatable bonds is 6. The van der Waals surface area contributed by atoms with Crippen LogP contribution in [-0.2, 0) is 22.7 Å². The summed E-state index contributed by atoms with van der Waals surface area (Å²) in [6, 6.07) is 8.38. The highest BCUT2D eigenvalue weighted by atomic mass is 16.5. The molecule has 0 saturated heterocycles. The highest BCUT2D eigenvalue weighted by Crippen LogP contribution is 2.23. The smallest absolute Gasteiger partial charge is 0.223 e. The van der Waals surface area contributed by atoms with Gasteiger partial charge in [0.2, 0.25) is 5.91 Å².